The van der Waals surface area contributed by atoms with Crippen LogP contribution in [-0.2, 0) is 14.8 Å². The first-order valence-electron chi connectivity index (χ1n) is 8.97. The minimum atomic E-state index is -3.75. The minimum absolute atomic E-state index is 0.314. The van der Waals surface area contributed by atoms with E-state index in [0.717, 1.165) is 34.2 Å². The Balaban J connectivity index is 2.34. The van der Waals surface area contributed by atoms with Crippen LogP contribution in [0.1, 0.15) is 51.5 Å². The highest BCUT2D eigenvalue weighted by molar-refractivity contribution is 7.92. The van der Waals surface area contributed by atoms with Crippen molar-refractivity contribution in [1.29, 1.82) is 0 Å². The van der Waals surface area contributed by atoms with Gasteiger partial charge in [0, 0.05) is 5.69 Å². The zero-order valence-electron chi connectivity index (χ0n) is 16.8. The van der Waals surface area contributed by atoms with Crippen LogP contribution in [0.25, 0.3) is 0 Å². The Morgan fingerprint density at radius 2 is 1.37 bits per heavy atom. The second-order valence-corrected chi connectivity index (χ2v) is 8.39. The molecule has 0 radical (unpaired) electrons. The average Bonchev–Trinajstić information content (AvgIpc) is 2.63. The molecule has 0 aliphatic heterocycles. The molecule has 0 atom stereocenters. The zero-order chi connectivity index (χ0) is 20.4. The van der Waals surface area contributed by atoms with Crippen molar-refractivity contribution in [2.45, 2.75) is 52.9 Å². The first-order chi connectivity index (χ1) is 12.6. The second kappa shape index (κ2) is 8.13. The maximum atomic E-state index is 13.0. The molecule has 0 aliphatic carbocycles. The van der Waals surface area contributed by atoms with E-state index in [1.165, 1.54) is 0 Å². The van der Waals surface area contributed by atoms with Gasteiger partial charge in [-0.15, -0.1) is 0 Å². The number of hydrogen-bond donors (Lipinski definition) is 1. The Labute approximate surface area is 161 Å². The topological polar surface area (TPSA) is 72.5 Å². The van der Waals surface area contributed by atoms with Gasteiger partial charge in [-0.25, -0.2) is 13.2 Å². The van der Waals surface area contributed by atoms with Crippen LogP contribution in [0.15, 0.2) is 29.2 Å². The van der Waals surface area contributed by atoms with Gasteiger partial charge in [-0.2, -0.15) is 0 Å². The van der Waals surface area contributed by atoms with Gasteiger partial charge in [-0.1, -0.05) is 6.92 Å². The molecule has 6 heteroatoms. The molecule has 0 spiro atoms. The molecular weight excluding hydrogens is 362 g/mol. The van der Waals surface area contributed by atoms with Gasteiger partial charge < -0.3 is 4.74 Å². The molecule has 146 valence electrons. The molecule has 27 heavy (non-hydrogen) atoms. The molecule has 2 rings (SSSR count). The van der Waals surface area contributed by atoms with Crippen molar-refractivity contribution >= 4 is 21.7 Å². The van der Waals surface area contributed by atoms with Gasteiger partial charge in [-0.3, -0.25) is 4.72 Å². The summed E-state index contributed by atoms with van der Waals surface area (Å²) in [4.78, 5) is 12.2. The first-order valence-corrected chi connectivity index (χ1v) is 10.5. The van der Waals surface area contributed by atoms with Gasteiger partial charge in [0.15, 0.2) is 0 Å². The second-order valence-electron chi connectivity index (χ2n) is 6.77. The summed E-state index contributed by atoms with van der Waals surface area (Å²) in [6.07, 6.45) is 0.748. The van der Waals surface area contributed by atoms with E-state index < -0.39 is 16.0 Å². The summed E-state index contributed by atoms with van der Waals surface area (Å²) < 4.78 is 33.7. The minimum Gasteiger partial charge on any atom is -0.462 e. The number of sulfonamides is 1. The molecule has 0 fully saturated rings. The van der Waals surface area contributed by atoms with Crippen LogP contribution >= 0.6 is 0 Å². The molecule has 0 saturated heterocycles. The zero-order valence-corrected chi connectivity index (χ0v) is 17.6. The normalized spacial score (nSPS) is 11.3. The number of ether oxygens (including phenoxy) is 1. The van der Waals surface area contributed by atoms with E-state index >= 15 is 0 Å². The summed E-state index contributed by atoms with van der Waals surface area (Å²) >= 11 is 0. The highest BCUT2D eigenvalue weighted by Crippen LogP contribution is 2.30. The third-order valence-corrected chi connectivity index (χ3v) is 6.66. The quantitative estimate of drug-likeness (QED) is 0.733. The van der Waals surface area contributed by atoms with Crippen molar-refractivity contribution in [3.8, 4) is 0 Å². The fourth-order valence-electron chi connectivity index (χ4n) is 3.03. The fraction of sp³-hybridized carbons (Fsp3) is 0.381. The number of benzene rings is 2. The van der Waals surface area contributed by atoms with Gasteiger partial charge in [0.2, 0.25) is 0 Å². The average molecular weight is 390 g/mol. The maximum Gasteiger partial charge on any atom is 0.338 e. The Morgan fingerprint density at radius 1 is 0.889 bits per heavy atom. The SMILES string of the molecule is CCCOC(=O)c1ccc(NS(=O)(=O)c2c(C)c(C)c(C)c(C)c2C)cc1. The van der Waals surface area contributed by atoms with E-state index in [1.54, 1.807) is 24.3 Å². The molecule has 0 saturated carbocycles. The van der Waals surface area contributed by atoms with Gasteiger partial charge in [0.25, 0.3) is 10.0 Å². The molecule has 0 heterocycles. The highest BCUT2D eigenvalue weighted by Gasteiger charge is 2.23. The van der Waals surface area contributed by atoms with Crippen molar-refractivity contribution in [2.24, 2.45) is 0 Å². The lowest BCUT2D eigenvalue weighted by Crippen LogP contribution is -2.17. The summed E-state index contributed by atoms with van der Waals surface area (Å²) in [6, 6.07) is 6.25. The summed E-state index contributed by atoms with van der Waals surface area (Å²) in [6.45, 7) is 11.8. The predicted molar refractivity (Wildman–Crippen MR) is 108 cm³/mol. The van der Waals surface area contributed by atoms with E-state index in [0.29, 0.717) is 22.8 Å². The Bertz CT molecular complexity index is 932. The van der Waals surface area contributed by atoms with E-state index in [4.69, 9.17) is 4.74 Å². The molecule has 1 N–H and O–H groups in total. The highest BCUT2D eigenvalue weighted by atomic mass is 32.2. The van der Waals surface area contributed by atoms with Crippen molar-refractivity contribution < 1.29 is 17.9 Å². The van der Waals surface area contributed by atoms with Crippen LogP contribution in [0.2, 0.25) is 0 Å². The van der Waals surface area contributed by atoms with Crippen LogP contribution in [0.4, 0.5) is 5.69 Å². The molecule has 2 aromatic carbocycles. The molecule has 0 unspecified atom stereocenters. The molecule has 0 bridgehead atoms. The van der Waals surface area contributed by atoms with E-state index in [9.17, 15) is 13.2 Å². The van der Waals surface area contributed by atoms with Crippen LogP contribution in [-0.4, -0.2) is 21.0 Å². The fourth-order valence-corrected chi connectivity index (χ4v) is 4.69. The third-order valence-electron chi connectivity index (χ3n) is 5.01. The third kappa shape index (κ3) is 4.33. The van der Waals surface area contributed by atoms with Crippen LogP contribution < -0.4 is 4.72 Å². The molecule has 2 aromatic rings. The predicted octanol–water partition coefficient (Wildman–Crippen LogP) is 4.60. The summed E-state index contributed by atoms with van der Waals surface area (Å²) in [5.74, 6) is -0.414. The van der Waals surface area contributed by atoms with Crippen LogP contribution in [0.5, 0.6) is 0 Å². The van der Waals surface area contributed by atoms with Crippen LogP contribution in [0.3, 0.4) is 0 Å². The summed E-state index contributed by atoms with van der Waals surface area (Å²) in [5.41, 5.74) is 5.36. The first kappa shape index (κ1) is 21.0. The summed E-state index contributed by atoms with van der Waals surface area (Å²) in [7, 11) is -3.75. The van der Waals surface area contributed by atoms with Crippen molar-refractivity contribution in [1.82, 2.24) is 0 Å². The van der Waals surface area contributed by atoms with Gasteiger partial charge in [0.05, 0.1) is 17.1 Å². The molecular formula is C21H27NO4S. The Morgan fingerprint density at radius 3 is 1.85 bits per heavy atom. The van der Waals surface area contributed by atoms with Gasteiger partial charge in [-0.05, 0) is 93.1 Å². The molecule has 0 aliphatic rings. The Hall–Kier alpha value is -2.34. The maximum absolute atomic E-state index is 13.0. The monoisotopic (exact) mass is 389 g/mol. The molecule has 5 nitrogen and oxygen atoms in total. The lowest BCUT2D eigenvalue weighted by atomic mass is 9.95. The van der Waals surface area contributed by atoms with E-state index in [2.05, 4.69) is 4.72 Å². The van der Waals surface area contributed by atoms with Crippen molar-refractivity contribution in [2.75, 3.05) is 11.3 Å². The standard InChI is InChI=1S/C21H27NO4S/c1-7-12-26-21(23)18-8-10-19(11-9-18)22-27(24,25)20-16(5)14(3)13(2)15(4)17(20)6/h8-11,22H,7,12H2,1-6H3. The van der Waals surface area contributed by atoms with Crippen molar-refractivity contribution in [3.05, 3.63) is 57.6 Å². The Kier molecular flexibility index (Phi) is 6.31. The lowest BCUT2D eigenvalue weighted by molar-refractivity contribution is 0.0505. The number of nitrogens with one attached hydrogen (secondary N) is 1. The number of carbonyl (C=O) groups excluding carboxylic acids is 1. The summed E-state index contributed by atoms with van der Waals surface area (Å²) in [5, 5.41) is 0. The van der Waals surface area contributed by atoms with Crippen molar-refractivity contribution in [3.63, 3.8) is 0 Å². The van der Waals surface area contributed by atoms with Crippen LogP contribution in [0, 0.1) is 34.6 Å². The number of hydrogen-bond acceptors (Lipinski definition) is 4. The van der Waals surface area contributed by atoms with Gasteiger partial charge >= 0.3 is 5.97 Å². The molecule has 0 amide bonds. The largest absolute Gasteiger partial charge is 0.462 e. The lowest BCUT2D eigenvalue weighted by Gasteiger charge is -2.19. The smallest absolute Gasteiger partial charge is 0.338 e. The number of carbonyl (C=O) groups is 1. The van der Waals surface area contributed by atoms with Gasteiger partial charge in [0.1, 0.15) is 0 Å². The number of rotatable bonds is 6. The number of esters is 1. The van der Waals surface area contributed by atoms with E-state index in [1.807, 2.05) is 41.5 Å². The molecule has 0 aromatic heterocycles. The van der Waals surface area contributed by atoms with E-state index in [-0.39, 0.29) is 0 Å². The number of anilines is 1.